The lowest BCUT2D eigenvalue weighted by atomic mass is 10.0. The molecule has 0 saturated heterocycles. The molecule has 2 N–H and O–H groups in total. The number of nitrogens with two attached hydrogens (primary N) is 1. The maximum Gasteiger partial charge on any atom is 0.343 e. The van der Waals surface area contributed by atoms with E-state index in [0.717, 1.165) is 5.56 Å². The fraction of sp³-hybridized carbons (Fsp3) is 0.133. The molecular weight excluding hydrogens is 261 g/mol. The van der Waals surface area contributed by atoms with Gasteiger partial charge in [0.05, 0.1) is 12.8 Å². The normalized spacial score (nSPS) is 10.1. The van der Waals surface area contributed by atoms with E-state index in [-0.39, 0.29) is 12.3 Å². The lowest BCUT2D eigenvalue weighted by Gasteiger charge is -2.11. The first-order valence-corrected chi connectivity index (χ1v) is 5.96. The summed E-state index contributed by atoms with van der Waals surface area (Å²) in [4.78, 5) is 11.1. The SMILES string of the molecule is COC(=O)COc1ccccc1-c1ccc(F)c(N)c1. The molecule has 104 valence electrons. The van der Waals surface area contributed by atoms with Crippen molar-refractivity contribution >= 4 is 11.7 Å². The zero-order chi connectivity index (χ0) is 14.5. The molecule has 0 aromatic heterocycles. The molecule has 0 bridgehead atoms. The van der Waals surface area contributed by atoms with Crippen LogP contribution in [0.25, 0.3) is 11.1 Å². The summed E-state index contributed by atoms with van der Waals surface area (Å²) in [6, 6.07) is 11.5. The van der Waals surface area contributed by atoms with Crippen molar-refractivity contribution in [2.75, 3.05) is 19.5 Å². The summed E-state index contributed by atoms with van der Waals surface area (Å²) >= 11 is 0. The van der Waals surface area contributed by atoms with Crippen LogP contribution < -0.4 is 10.5 Å². The average molecular weight is 275 g/mol. The van der Waals surface area contributed by atoms with E-state index in [1.807, 2.05) is 6.07 Å². The van der Waals surface area contributed by atoms with Gasteiger partial charge in [0.2, 0.25) is 0 Å². The highest BCUT2D eigenvalue weighted by Gasteiger charge is 2.09. The van der Waals surface area contributed by atoms with Crippen molar-refractivity contribution in [2.45, 2.75) is 0 Å². The molecule has 2 aromatic carbocycles. The number of anilines is 1. The zero-order valence-corrected chi connectivity index (χ0v) is 10.9. The Kier molecular flexibility index (Phi) is 4.20. The van der Waals surface area contributed by atoms with Crippen LogP contribution in [0.2, 0.25) is 0 Å². The lowest BCUT2D eigenvalue weighted by molar-refractivity contribution is -0.142. The molecule has 0 aliphatic carbocycles. The van der Waals surface area contributed by atoms with Crippen molar-refractivity contribution in [3.63, 3.8) is 0 Å². The second-order valence-electron chi connectivity index (χ2n) is 4.10. The number of hydrogen-bond donors (Lipinski definition) is 1. The second-order valence-corrected chi connectivity index (χ2v) is 4.10. The van der Waals surface area contributed by atoms with Gasteiger partial charge in [-0.3, -0.25) is 0 Å². The first-order valence-electron chi connectivity index (χ1n) is 5.96. The zero-order valence-electron chi connectivity index (χ0n) is 10.9. The van der Waals surface area contributed by atoms with Gasteiger partial charge in [-0.15, -0.1) is 0 Å². The number of para-hydroxylation sites is 1. The molecule has 20 heavy (non-hydrogen) atoms. The monoisotopic (exact) mass is 275 g/mol. The van der Waals surface area contributed by atoms with E-state index < -0.39 is 11.8 Å². The van der Waals surface area contributed by atoms with Crippen molar-refractivity contribution < 1.29 is 18.7 Å². The summed E-state index contributed by atoms with van der Waals surface area (Å²) in [6.45, 7) is -0.190. The van der Waals surface area contributed by atoms with Crippen molar-refractivity contribution in [1.29, 1.82) is 0 Å². The van der Waals surface area contributed by atoms with Crippen LogP contribution in [0.4, 0.5) is 10.1 Å². The van der Waals surface area contributed by atoms with Gasteiger partial charge in [0, 0.05) is 5.56 Å². The molecule has 0 aliphatic rings. The number of hydrogen-bond acceptors (Lipinski definition) is 4. The average Bonchev–Trinajstić information content (AvgIpc) is 2.48. The van der Waals surface area contributed by atoms with Crippen LogP contribution in [0, 0.1) is 5.82 Å². The Balaban J connectivity index is 2.31. The van der Waals surface area contributed by atoms with Crippen LogP contribution in [-0.2, 0) is 9.53 Å². The Morgan fingerprint density at radius 2 is 2.00 bits per heavy atom. The van der Waals surface area contributed by atoms with Gasteiger partial charge in [-0.1, -0.05) is 24.3 Å². The van der Waals surface area contributed by atoms with Crippen LogP contribution in [-0.4, -0.2) is 19.7 Å². The van der Waals surface area contributed by atoms with Gasteiger partial charge in [-0.25, -0.2) is 9.18 Å². The van der Waals surface area contributed by atoms with Crippen LogP contribution in [0.3, 0.4) is 0 Å². The number of methoxy groups -OCH3 is 1. The number of esters is 1. The smallest absolute Gasteiger partial charge is 0.343 e. The third-order valence-electron chi connectivity index (χ3n) is 2.77. The maximum atomic E-state index is 13.2. The predicted molar refractivity (Wildman–Crippen MR) is 73.8 cm³/mol. The molecule has 2 aromatic rings. The molecule has 0 atom stereocenters. The number of carbonyl (C=O) groups is 1. The summed E-state index contributed by atoms with van der Waals surface area (Å²) in [5.41, 5.74) is 7.06. The predicted octanol–water partition coefficient (Wildman–Crippen LogP) is 2.63. The first-order chi connectivity index (χ1) is 9.61. The molecule has 0 heterocycles. The second kappa shape index (κ2) is 6.06. The van der Waals surface area contributed by atoms with Crippen molar-refractivity contribution in [1.82, 2.24) is 0 Å². The minimum Gasteiger partial charge on any atom is -0.481 e. The molecule has 0 spiro atoms. The van der Waals surface area contributed by atoms with Gasteiger partial charge in [-0.05, 0) is 23.8 Å². The first kappa shape index (κ1) is 13.9. The fourth-order valence-electron chi connectivity index (χ4n) is 1.74. The molecule has 2 rings (SSSR count). The van der Waals surface area contributed by atoms with Crippen molar-refractivity contribution in [3.8, 4) is 16.9 Å². The van der Waals surface area contributed by atoms with Gasteiger partial charge in [0.15, 0.2) is 6.61 Å². The Morgan fingerprint density at radius 3 is 2.70 bits per heavy atom. The molecule has 0 radical (unpaired) electrons. The third kappa shape index (κ3) is 3.06. The number of benzene rings is 2. The molecule has 5 heteroatoms. The number of carbonyl (C=O) groups excluding carboxylic acids is 1. The minimum atomic E-state index is -0.474. The van der Waals surface area contributed by atoms with E-state index in [2.05, 4.69) is 4.74 Å². The highest BCUT2D eigenvalue weighted by Crippen LogP contribution is 2.31. The number of rotatable bonds is 4. The highest BCUT2D eigenvalue weighted by molar-refractivity contribution is 5.75. The van der Waals surface area contributed by atoms with Gasteiger partial charge in [0.1, 0.15) is 11.6 Å². The summed E-state index contributed by atoms with van der Waals surface area (Å²) in [6.07, 6.45) is 0. The summed E-state index contributed by atoms with van der Waals surface area (Å²) in [5, 5.41) is 0. The summed E-state index contributed by atoms with van der Waals surface area (Å²) in [5.74, 6) is -0.441. The van der Waals surface area contributed by atoms with E-state index in [1.165, 1.54) is 19.2 Å². The van der Waals surface area contributed by atoms with E-state index in [1.54, 1.807) is 24.3 Å². The number of halogens is 1. The maximum absolute atomic E-state index is 13.2. The van der Waals surface area contributed by atoms with E-state index in [9.17, 15) is 9.18 Å². The Bertz CT molecular complexity index is 628. The molecular formula is C15H14FNO3. The number of nitrogen functional groups attached to an aromatic ring is 1. The van der Waals surface area contributed by atoms with Gasteiger partial charge in [-0.2, -0.15) is 0 Å². The molecule has 0 unspecified atom stereocenters. The van der Waals surface area contributed by atoms with Crippen molar-refractivity contribution in [3.05, 3.63) is 48.3 Å². The topological polar surface area (TPSA) is 61.5 Å². The minimum absolute atomic E-state index is 0.0604. The molecule has 0 fully saturated rings. The van der Waals surface area contributed by atoms with Gasteiger partial charge >= 0.3 is 5.97 Å². The Labute approximate surface area is 115 Å². The molecule has 0 saturated carbocycles. The lowest BCUT2D eigenvalue weighted by Crippen LogP contribution is -2.12. The van der Waals surface area contributed by atoms with E-state index in [0.29, 0.717) is 11.3 Å². The molecule has 0 aliphatic heterocycles. The van der Waals surface area contributed by atoms with E-state index >= 15 is 0 Å². The van der Waals surface area contributed by atoms with Gasteiger partial charge in [0.25, 0.3) is 0 Å². The van der Waals surface area contributed by atoms with E-state index in [4.69, 9.17) is 10.5 Å². The fourth-order valence-corrected chi connectivity index (χ4v) is 1.74. The molecule has 4 nitrogen and oxygen atoms in total. The van der Waals surface area contributed by atoms with Crippen molar-refractivity contribution in [2.24, 2.45) is 0 Å². The van der Waals surface area contributed by atoms with Crippen LogP contribution in [0.1, 0.15) is 0 Å². The summed E-state index contributed by atoms with van der Waals surface area (Å²) < 4.78 is 23.1. The standard InChI is InChI=1S/C15H14FNO3/c1-19-15(18)9-20-14-5-3-2-4-11(14)10-6-7-12(16)13(17)8-10/h2-8H,9,17H2,1H3. The largest absolute Gasteiger partial charge is 0.481 e. The summed E-state index contributed by atoms with van der Waals surface area (Å²) in [7, 11) is 1.29. The van der Waals surface area contributed by atoms with Gasteiger partial charge < -0.3 is 15.2 Å². The van der Waals surface area contributed by atoms with Crippen LogP contribution in [0.15, 0.2) is 42.5 Å². The third-order valence-corrected chi connectivity index (χ3v) is 2.77. The van der Waals surface area contributed by atoms with Crippen LogP contribution >= 0.6 is 0 Å². The number of ether oxygens (including phenoxy) is 2. The quantitative estimate of drug-likeness (QED) is 0.688. The highest BCUT2D eigenvalue weighted by atomic mass is 19.1. The Hall–Kier alpha value is -2.56. The Morgan fingerprint density at radius 1 is 1.25 bits per heavy atom. The molecule has 0 amide bonds. The van der Waals surface area contributed by atoms with Crippen LogP contribution in [0.5, 0.6) is 5.75 Å².